The Balaban J connectivity index is 0.00000208. The Morgan fingerprint density at radius 2 is 1.88 bits per heavy atom. The monoisotopic (exact) mass is 429 g/mol. The van der Waals surface area contributed by atoms with Crippen LogP contribution < -0.4 is 28.3 Å². The molecule has 3 rings (SSSR count). The largest absolute Gasteiger partial charge is 1.00 e. The van der Waals surface area contributed by atoms with Crippen LogP contribution in [-0.2, 0) is 4.79 Å². The number of rotatable bonds is 4. The fraction of sp³-hybridized carbons (Fsp3) is 0.278. The fourth-order valence-corrected chi connectivity index (χ4v) is 3.61. The average Bonchev–Trinajstić information content (AvgIpc) is 2.45. The predicted octanol–water partition coefficient (Wildman–Crippen LogP) is 2.45. The van der Waals surface area contributed by atoms with E-state index in [0.29, 0.717) is 23.7 Å². The molecule has 0 aromatic heterocycles. The van der Waals surface area contributed by atoms with Crippen molar-refractivity contribution < 1.29 is 33.1 Å². The van der Waals surface area contributed by atoms with Crippen molar-refractivity contribution >= 4 is 26.4 Å². The van der Waals surface area contributed by atoms with E-state index < -0.39 is 11.6 Å². The Morgan fingerprint density at radius 3 is 2.58 bits per heavy atom. The number of para-hydroxylation sites is 1. The number of carbonyl (C=O) groups is 1. The van der Waals surface area contributed by atoms with Crippen LogP contribution >= 0.6 is 22.6 Å². The summed E-state index contributed by atoms with van der Waals surface area (Å²) in [4.78, 5) is 11.3. The minimum Gasteiger partial charge on any atom is -0.667 e. The minimum absolute atomic E-state index is 0. The van der Waals surface area contributed by atoms with Gasteiger partial charge in [-0.25, -0.2) is 0 Å². The number of halogens is 1. The molecular weight excluding hydrogens is 412 g/mol. The summed E-state index contributed by atoms with van der Waals surface area (Å²) in [5, 5.41) is 0. The van der Waals surface area contributed by atoms with Gasteiger partial charge in [-0.05, 0) is 59.7 Å². The molecule has 6 heteroatoms. The van der Waals surface area contributed by atoms with Crippen LogP contribution in [0.25, 0.3) is 5.73 Å². The maximum Gasteiger partial charge on any atom is 1.00 e. The van der Waals surface area contributed by atoms with E-state index in [0.717, 1.165) is 11.1 Å². The predicted molar refractivity (Wildman–Crippen MR) is 97.5 cm³/mol. The number of hydrogen-bond donors (Lipinski definition) is 0. The van der Waals surface area contributed by atoms with Gasteiger partial charge in [-0.2, -0.15) is 0 Å². The zero-order chi connectivity index (χ0) is 16.6. The van der Waals surface area contributed by atoms with E-state index in [-0.39, 0.29) is 22.7 Å². The number of hydrogen-bond acceptors (Lipinski definition) is 3. The number of ether oxygens (including phenoxy) is 2. The second-order valence-corrected chi connectivity index (χ2v) is 7.37. The normalized spacial score (nSPS) is 15.4. The average molecular weight is 429 g/mol. The first-order valence-electron chi connectivity index (χ1n) is 7.35. The third-order valence-corrected chi connectivity index (χ3v) is 4.09. The molecule has 1 unspecified atom stereocenters. The van der Waals surface area contributed by atoms with Gasteiger partial charge in [0, 0.05) is 6.07 Å². The second-order valence-electron chi connectivity index (χ2n) is 6.17. The molecule has 0 radical (unpaired) electrons. The van der Waals surface area contributed by atoms with E-state index in [1.807, 2.05) is 50.2 Å². The molecule has 0 saturated heterocycles. The topological polar surface area (TPSA) is 59.3 Å². The SMILES string of the molecule is CC(C)(CC(=O)I)Oc1ccc2c(c1)Oc1ccccc1C2[NH-].[Li+]. The molecule has 0 aliphatic carbocycles. The van der Waals surface area contributed by atoms with Gasteiger partial charge in [0.1, 0.15) is 22.8 Å². The van der Waals surface area contributed by atoms with Gasteiger partial charge in [0.2, 0.25) is 0 Å². The second kappa shape index (κ2) is 7.48. The van der Waals surface area contributed by atoms with Gasteiger partial charge in [-0.1, -0.05) is 30.3 Å². The first kappa shape index (κ1) is 19.3. The van der Waals surface area contributed by atoms with Gasteiger partial charge in [0.15, 0.2) is 3.79 Å². The summed E-state index contributed by atoms with van der Waals surface area (Å²) in [7, 11) is 0. The van der Waals surface area contributed by atoms with Crippen LogP contribution in [-0.4, -0.2) is 9.39 Å². The summed E-state index contributed by atoms with van der Waals surface area (Å²) < 4.78 is 11.9. The van der Waals surface area contributed by atoms with Gasteiger partial charge in [0.05, 0.1) is 6.42 Å². The zero-order valence-corrected chi connectivity index (χ0v) is 16.1. The third kappa shape index (κ3) is 4.15. The first-order valence-corrected chi connectivity index (χ1v) is 8.43. The van der Waals surface area contributed by atoms with Crippen molar-refractivity contribution in [1.29, 1.82) is 0 Å². The van der Waals surface area contributed by atoms with Crippen LogP contribution in [0.1, 0.15) is 37.4 Å². The van der Waals surface area contributed by atoms with E-state index in [2.05, 4.69) is 0 Å². The Labute approximate surface area is 167 Å². The van der Waals surface area contributed by atoms with Crippen molar-refractivity contribution in [2.24, 2.45) is 0 Å². The van der Waals surface area contributed by atoms with Crippen molar-refractivity contribution in [3.8, 4) is 17.2 Å². The van der Waals surface area contributed by atoms with Crippen LogP contribution in [0.2, 0.25) is 0 Å². The molecule has 1 atom stereocenters. The van der Waals surface area contributed by atoms with Gasteiger partial charge in [0.25, 0.3) is 0 Å². The fourth-order valence-electron chi connectivity index (χ4n) is 2.69. The Morgan fingerprint density at radius 1 is 1.21 bits per heavy atom. The molecular formula is C18H17ILiNO3. The quantitative estimate of drug-likeness (QED) is 0.427. The standard InChI is InChI=1S/C18H17INO3.Li/c1-18(2,10-16(19)21)23-11-7-8-13-15(9-11)22-14-6-4-3-5-12(14)17(13)20;/h3-9,17,20H,10H2,1-2H3;/q-1;+1. The first-order chi connectivity index (χ1) is 10.9. The summed E-state index contributed by atoms with van der Waals surface area (Å²) in [6.07, 6.45) is 0.329. The van der Waals surface area contributed by atoms with Crippen molar-refractivity contribution in [2.45, 2.75) is 31.9 Å². The number of nitrogens with one attached hydrogen (secondary N) is 1. The van der Waals surface area contributed by atoms with Crippen LogP contribution in [0.5, 0.6) is 17.2 Å². The number of benzene rings is 2. The molecule has 1 aliphatic heterocycles. The van der Waals surface area contributed by atoms with E-state index in [9.17, 15) is 4.79 Å². The summed E-state index contributed by atoms with van der Waals surface area (Å²) >= 11 is 1.78. The molecule has 120 valence electrons. The van der Waals surface area contributed by atoms with Crippen molar-refractivity contribution in [3.05, 3.63) is 59.3 Å². The zero-order valence-electron chi connectivity index (χ0n) is 13.9. The third-order valence-electron chi connectivity index (χ3n) is 3.70. The molecule has 0 spiro atoms. The van der Waals surface area contributed by atoms with E-state index >= 15 is 0 Å². The molecule has 0 fully saturated rings. The van der Waals surface area contributed by atoms with Crippen LogP contribution in [0.15, 0.2) is 42.5 Å². The van der Waals surface area contributed by atoms with Crippen molar-refractivity contribution in [1.82, 2.24) is 0 Å². The van der Waals surface area contributed by atoms with E-state index in [1.54, 1.807) is 28.7 Å². The maximum atomic E-state index is 11.3. The summed E-state index contributed by atoms with van der Waals surface area (Å²) in [5.74, 6) is 1.98. The number of fused-ring (bicyclic) bond motifs is 2. The maximum absolute atomic E-state index is 11.3. The molecule has 1 N–H and O–H groups in total. The smallest absolute Gasteiger partial charge is 0.667 e. The van der Waals surface area contributed by atoms with Crippen LogP contribution in [0.4, 0.5) is 0 Å². The molecule has 2 aromatic rings. The molecule has 1 aliphatic rings. The molecule has 2 aromatic carbocycles. The Kier molecular flexibility index (Phi) is 6.03. The minimum atomic E-state index is -0.584. The Bertz CT molecular complexity index is 764. The molecule has 1 heterocycles. The summed E-state index contributed by atoms with van der Waals surface area (Å²) in [6.45, 7) is 3.76. The molecule has 0 amide bonds. The van der Waals surface area contributed by atoms with Gasteiger partial charge >= 0.3 is 18.9 Å². The van der Waals surface area contributed by atoms with Crippen LogP contribution in [0, 0.1) is 0 Å². The summed E-state index contributed by atoms with van der Waals surface area (Å²) in [6, 6.07) is 12.6. The van der Waals surface area contributed by atoms with E-state index in [1.165, 1.54) is 0 Å². The van der Waals surface area contributed by atoms with Crippen LogP contribution in [0.3, 0.4) is 0 Å². The van der Waals surface area contributed by atoms with E-state index in [4.69, 9.17) is 15.2 Å². The van der Waals surface area contributed by atoms with Crippen molar-refractivity contribution in [3.63, 3.8) is 0 Å². The molecule has 24 heavy (non-hydrogen) atoms. The molecule has 0 bridgehead atoms. The van der Waals surface area contributed by atoms with Crippen molar-refractivity contribution in [2.75, 3.05) is 0 Å². The molecule has 4 nitrogen and oxygen atoms in total. The summed E-state index contributed by atoms with van der Waals surface area (Å²) in [5.41, 5.74) is 9.51. The van der Waals surface area contributed by atoms with Gasteiger partial charge < -0.3 is 15.2 Å². The van der Waals surface area contributed by atoms with Gasteiger partial charge in [-0.3, -0.25) is 4.79 Å². The Hall–Kier alpha value is -1.00. The number of carbonyl (C=O) groups excluding carboxylic acids is 1. The molecule has 0 saturated carbocycles. The van der Waals surface area contributed by atoms with Gasteiger partial charge in [-0.15, -0.1) is 0 Å².